The summed E-state index contributed by atoms with van der Waals surface area (Å²) in [6.07, 6.45) is 1.69. The quantitative estimate of drug-likeness (QED) is 0.458. The second-order valence-electron chi connectivity index (χ2n) is 2.47. The second kappa shape index (κ2) is 3.73. The molecule has 0 saturated carbocycles. The fourth-order valence-corrected chi connectivity index (χ4v) is 1.96. The lowest BCUT2D eigenvalue weighted by Crippen LogP contribution is -1.90. The number of pyridine rings is 1. The highest BCUT2D eigenvalue weighted by Crippen LogP contribution is 2.24. The number of rotatable bonds is 0. The molecular formula is C7H2BrCl2N3S. The maximum Gasteiger partial charge on any atom is 0.224 e. The van der Waals surface area contributed by atoms with Gasteiger partial charge in [0, 0.05) is 6.20 Å². The van der Waals surface area contributed by atoms with Crippen molar-refractivity contribution in [3.05, 3.63) is 25.6 Å². The molecule has 0 atom stereocenters. The Balaban J connectivity index is 3.03. The first-order chi connectivity index (χ1) is 6.59. The molecule has 0 radical (unpaired) electrons. The van der Waals surface area contributed by atoms with Crippen molar-refractivity contribution in [1.29, 1.82) is 0 Å². The molecule has 0 fully saturated rings. The monoisotopic (exact) mass is 309 g/mol. The van der Waals surface area contributed by atoms with Gasteiger partial charge in [0.2, 0.25) is 5.28 Å². The maximum atomic E-state index is 5.86. The Kier molecular flexibility index (Phi) is 2.74. The van der Waals surface area contributed by atoms with Crippen LogP contribution >= 0.6 is 51.3 Å². The minimum atomic E-state index is 0.0834. The van der Waals surface area contributed by atoms with Crippen LogP contribution in [0.4, 0.5) is 0 Å². The molecule has 3 nitrogen and oxygen atoms in total. The molecule has 0 bridgehead atoms. The summed E-state index contributed by atoms with van der Waals surface area (Å²) in [6, 6.07) is 0. The molecule has 2 aromatic rings. The van der Waals surface area contributed by atoms with Gasteiger partial charge in [-0.25, -0.2) is 9.97 Å². The molecule has 0 aliphatic rings. The van der Waals surface area contributed by atoms with Crippen LogP contribution in [0.1, 0.15) is 0 Å². The molecular weight excluding hydrogens is 309 g/mol. The van der Waals surface area contributed by atoms with E-state index < -0.39 is 0 Å². The summed E-state index contributed by atoms with van der Waals surface area (Å²) in [6.45, 7) is 0. The van der Waals surface area contributed by atoms with E-state index in [1.54, 1.807) is 6.20 Å². The van der Waals surface area contributed by atoms with Gasteiger partial charge in [-0.3, -0.25) is 0 Å². The lowest BCUT2D eigenvalue weighted by Gasteiger charge is -2.01. The lowest BCUT2D eigenvalue weighted by molar-refractivity contribution is 1.19. The molecule has 2 heterocycles. The molecule has 7 heteroatoms. The molecule has 14 heavy (non-hydrogen) atoms. The average molecular weight is 311 g/mol. The van der Waals surface area contributed by atoms with Crippen molar-refractivity contribution in [2.24, 2.45) is 0 Å². The van der Waals surface area contributed by atoms with Gasteiger partial charge in [0.05, 0.1) is 8.98 Å². The van der Waals surface area contributed by atoms with Crippen LogP contribution in [0.15, 0.2) is 10.7 Å². The Morgan fingerprint density at radius 1 is 1.36 bits per heavy atom. The third kappa shape index (κ3) is 1.65. The number of hydrogen-bond acceptors (Lipinski definition) is 3. The van der Waals surface area contributed by atoms with E-state index in [0.717, 1.165) is 4.47 Å². The molecule has 0 unspecified atom stereocenters. The Bertz CT molecular complexity index is 569. The van der Waals surface area contributed by atoms with Crippen molar-refractivity contribution in [2.75, 3.05) is 0 Å². The summed E-state index contributed by atoms with van der Waals surface area (Å²) in [5.74, 6) is 0. The van der Waals surface area contributed by atoms with Crippen molar-refractivity contribution >= 4 is 62.4 Å². The highest BCUT2D eigenvalue weighted by molar-refractivity contribution is 9.10. The summed E-state index contributed by atoms with van der Waals surface area (Å²) in [4.78, 5) is 10.7. The summed E-state index contributed by atoms with van der Waals surface area (Å²) in [5.41, 5.74) is 1.13. The van der Waals surface area contributed by atoms with Gasteiger partial charge in [0.1, 0.15) is 11.0 Å². The van der Waals surface area contributed by atoms with E-state index in [-0.39, 0.29) is 10.4 Å². The Labute approximate surface area is 103 Å². The molecule has 0 aliphatic carbocycles. The molecule has 0 spiro atoms. The number of aromatic amines is 1. The average Bonchev–Trinajstić information content (AvgIpc) is 2.12. The van der Waals surface area contributed by atoms with Crippen LogP contribution in [0.3, 0.4) is 0 Å². The first-order valence-electron chi connectivity index (χ1n) is 3.49. The fraction of sp³-hybridized carbons (Fsp3) is 0. The van der Waals surface area contributed by atoms with Crippen LogP contribution in [0.25, 0.3) is 11.0 Å². The molecule has 0 aliphatic heterocycles. The molecule has 2 rings (SSSR count). The van der Waals surface area contributed by atoms with E-state index in [4.69, 9.17) is 35.4 Å². The zero-order valence-corrected chi connectivity index (χ0v) is 10.4. The van der Waals surface area contributed by atoms with Crippen molar-refractivity contribution < 1.29 is 0 Å². The van der Waals surface area contributed by atoms with E-state index >= 15 is 0 Å². The Morgan fingerprint density at radius 2 is 2.07 bits per heavy atom. The summed E-state index contributed by atoms with van der Waals surface area (Å²) >= 11 is 19.9. The third-order valence-electron chi connectivity index (χ3n) is 1.61. The Morgan fingerprint density at radius 3 is 2.79 bits per heavy atom. The number of halogens is 3. The third-order valence-corrected chi connectivity index (χ3v) is 3.36. The summed E-state index contributed by atoms with van der Waals surface area (Å²) in [7, 11) is 0. The minimum absolute atomic E-state index is 0.0834. The van der Waals surface area contributed by atoms with E-state index in [2.05, 4.69) is 30.9 Å². The summed E-state index contributed by atoms with van der Waals surface area (Å²) < 4.78 is 1.30. The smallest absolute Gasteiger partial charge is 0.224 e. The fourth-order valence-electron chi connectivity index (χ4n) is 1.01. The SMILES string of the molecule is S=c1c(Br)c[nH]c2c(Cl)nc(Cl)nc12. The van der Waals surface area contributed by atoms with Gasteiger partial charge < -0.3 is 4.98 Å². The van der Waals surface area contributed by atoms with Crippen molar-refractivity contribution in [3.63, 3.8) is 0 Å². The van der Waals surface area contributed by atoms with Gasteiger partial charge >= 0.3 is 0 Å². The van der Waals surface area contributed by atoms with Gasteiger partial charge in [-0.05, 0) is 27.5 Å². The molecule has 72 valence electrons. The zero-order chi connectivity index (χ0) is 10.3. The summed E-state index contributed by atoms with van der Waals surface area (Å²) in [5, 5.41) is 0.346. The van der Waals surface area contributed by atoms with Crippen LogP contribution < -0.4 is 0 Å². The second-order valence-corrected chi connectivity index (χ2v) is 4.43. The van der Waals surface area contributed by atoms with Crippen LogP contribution in [-0.4, -0.2) is 15.0 Å². The first kappa shape index (κ1) is 10.3. The lowest BCUT2D eigenvalue weighted by atomic mass is 10.4. The maximum absolute atomic E-state index is 5.86. The van der Waals surface area contributed by atoms with Crippen LogP contribution in [0, 0.1) is 4.51 Å². The highest BCUT2D eigenvalue weighted by Gasteiger charge is 2.07. The normalized spacial score (nSPS) is 10.8. The van der Waals surface area contributed by atoms with Gasteiger partial charge in [0.25, 0.3) is 0 Å². The number of fused-ring (bicyclic) bond motifs is 1. The number of H-pyrrole nitrogens is 1. The van der Waals surface area contributed by atoms with Gasteiger partial charge in [0.15, 0.2) is 5.15 Å². The van der Waals surface area contributed by atoms with Crippen molar-refractivity contribution in [1.82, 2.24) is 15.0 Å². The highest BCUT2D eigenvalue weighted by atomic mass is 79.9. The minimum Gasteiger partial charge on any atom is -0.356 e. The number of aromatic nitrogens is 3. The Hall–Kier alpha value is -0.230. The number of nitrogens with one attached hydrogen (secondary N) is 1. The molecule has 1 N–H and O–H groups in total. The first-order valence-corrected chi connectivity index (χ1v) is 5.45. The molecule has 2 aromatic heterocycles. The number of nitrogens with zero attached hydrogens (tertiary/aromatic N) is 2. The van der Waals surface area contributed by atoms with Gasteiger partial charge in [-0.1, -0.05) is 23.8 Å². The van der Waals surface area contributed by atoms with Crippen LogP contribution in [0.2, 0.25) is 10.4 Å². The van der Waals surface area contributed by atoms with E-state index in [9.17, 15) is 0 Å². The van der Waals surface area contributed by atoms with E-state index in [1.807, 2.05) is 0 Å². The van der Waals surface area contributed by atoms with Crippen LogP contribution in [0.5, 0.6) is 0 Å². The van der Waals surface area contributed by atoms with E-state index in [0.29, 0.717) is 15.5 Å². The van der Waals surface area contributed by atoms with Gasteiger partial charge in [-0.15, -0.1) is 0 Å². The zero-order valence-electron chi connectivity index (χ0n) is 6.51. The molecule has 0 saturated heterocycles. The van der Waals surface area contributed by atoms with Gasteiger partial charge in [-0.2, -0.15) is 0 Å². The molecule has 0 amide bonds. The van der Waals surface area contributed by atoms with E-state index in [1.165, 1.54) is 0 Å². The van der Waals surface area contributed by atoms with Crippen molar-refractivity contribution in [2.45, 2.75) is 0 Å². The number of hydrogen-bond donors (Lipinski definition) is 1. The van der Waals surface area contributed by atoms with Crippen molar-refractivity contribution in [3.8, 4) is 0 Å². The molecule has 0 aromatic carbocycles. The predicted octanol–water partition coefficient (Wildman–Crippen LogP) is 3.76. The van der Waals surface area contributed by atoms with Crippen LogP contribution in [-0.2, 0) is 0 Å². The topological polar surface area (TPSA) is 41.6 Å². The predicted molar refractivity (Wildman–Crippen MR) is 62.4 cm³/mol. The standard InChI is InChI=1S/C7H2BrCl2N3S/c8-2-1-11-4-3(5(2)14)12-7(10)13-6(4)9/h1H,(H,11,14). The largest absolute Gasteiger partial charge is 0.356 e.